The zero-order chi connectivity index (χ0) is 28.4. The van der Waals surface area contributed by atoms with Gasteiger partial charge in [0.2, 0.25) is 11.8 Å². The molecule has 1 saturated heterocycles. The van der Waals surface area contributed by atoms with Crippen LogP contribution in [-0.4, -0.2) is 53.0 Å². The van der Waals surface area contributed by atoms with Crippen LogP contribution in [0.15, 0.2) is 45.9 Å². The fourth-order valence-electron chi connectivity index (χ4n) is 6.13. The van der Waals surface area contributed by atoms with Crippen LogP contribution >= 0.6 is 11.3 Å². The van der Waals surface area contributed by atoms with E-state index in [1.807, 2.05) is 19.9 Å². The second-order valence-electron chi connectivity index (χ2n) is 10.5. The Labute approximate surface area is 239 Å². The number of allylic oxidation sites excluding steroid dienone is 2. The number of rotatable bonds is 5. The minimum atomic E-state index is -0.539. The Morgan fingerprint density at radius 3 is 2.80 bits per heavy atom. The fraction of sp³-hybridized carbons (Fsp3) is 0.345. The quantitative estimate of drug-likeness (QED) is 0.475. The van der Waals surface area contributed by atoms with Gasteiger partial charge in [0, 0.05) is 23.7 Å². The first-order valence-electron chi connectivity index (χ1n) is 13.5. The highest BCUT2D eigenvalue weighted by atomic mass is 32.1. The van der Waals surface area contributed by atoms with E-state index in [9.17, 15) is 14.0 Å². The smallest absolute Gasteiger partial charge is 0.230 e. The maximum Gasteiger partial charge on any atom is 0.230 e. The average molecular weight is 575 g/mol. The van der Waals surface area contributed by atoms with Crippen molar-refractivity contribution in [3.8, 4) is 5.75 Å². The zero-order valence-corrected chi connectivity index (χ0v) is 23.5. The van der Waals surface area contributed by atoms with Gasteiger partial charge in [-0.1, -0.05) is 28.6 Å². The molecule has 1 N–H and O–H groups in total. The third kappa shape index (κ3) is 4.16. The molecule has 1 fully saturated rings. The molecule has 3 aromatic rings. The van der Waals surface area contributed by atoms with Crippen LogP contribution in [0.25, 0.3) is 5.57 Å². The molecule has 12 heteroatoms. The van der Waals surface area contributed by atoms with E-state index >= 15 is 0 Å². The van der Waals surface area contributed by atoms with Gasteiger partial charge in [0.25, 0.3) is 0 Å². The van der Waals surface area contributed by atoms with Crippen molar-refractivity contribution in [2.45, 2.75) is 57.7 Å². The van der Waals surface area contributed by atoms with Crippen molar-refractivity contribution in [3.63, 3.8) is 0 Å². The minimum absolute atomic E-state index is 0.0753. The minimum Gasteiger partial charge on any atom is -0.494 e. The first kappa shape index (κ1) is 25.6. The number of ether oxygens (including phenoxy) is 1. The second kappa shape index (κ2) is 9.65. The number of methoxy groups -OCH3 is 1. The summed E-state index contributed by atoms with van der Waals surface area (Å²) in [5.74, 6) is 1.38. The van der Waals surface area contributed by atoms with Crippen molar-refractivity contribution in [2.24, 2.45) is 4.99 Å². The Kier molecular flexibility index (Phi) is 6.03. The Hall–Kier alpha value is -4.32. The highest BCUT2D eigenvalue weighted by Crippen LogP contribution is 2.42. The summed E-state index contributed by atoms with van der Waals surface area (Å²) in [5, 5.41) is 7.64. The lowest BCUT2D eigenvalue weighted by Crippen LogP contribution is -2.54. The molecule has 0 bridgehead atoms. The Bertz CT molecular complexity index is 1640. The number of hydrogen-bond acceptors (Lipinski definition) is 9. The molecule has 210 valence electrons. The van der Waals surface area contributed by atoms with E-state index in [2.05, 4.69) is 27.5 Å². The number of thiazole rings is 1. The number of aliphatic imine (C=N–C) groups is 1. The van der Waals surface area contributed by atoms with Crippen LogP contribution in [-0.2, 0) is 16.0 Å². The number of hydrogen-bond donors (Lipinski definition) is 1. The summed E-state index contributed by atoms with van der Waals surface area (Å²) < 4.78 is 25.3. The summed E-state index contributed by atoms with van der Waals surface area (Å²) in [6.45, 7) is 3.80. The normalized spacial score (nSPS) is 23.4. The number of carbonyl (C=O) groups excluding carboxylic acids is 2. The molecule has 1 aromatic carbocycles. The molecule has 3 aliphatic heterocycles. The Balaban J connectivity index is 1.33. The molecule has 10 nitrogen and oxygen atoms in total. The van der Waals surface area contributed by atoms with Crippen molar-refractivity contribution >= 4 is 51.2 Å². The number of amides is 2. The molecule has 4 aliphatic rings. The van der Waals surface area contributed by atoms with Gasteiger partial charge in [-0.25, -0.2) is 9.37 Å². The average Bonchev–Trinajstić information content (AvgIpc) is 3.69. The largest absolute Gasteiger partial charge is 0.494 e. The Morgan fingerprint density at radius 1 is 1.22 bits per heavy atom. The van der Waals surface area contributed by atoms with Gasteiger partial charge in [0.1, 0.15) is 17.4 Å². The molecule has 41 heavy (non-hydrogen) atoms. The van der Waals surface area contributed by atoms with Crippen molar-refractivity contribution < 1.29 is 23.2 Å². The number of piperidine rings is 1. The van der Waals surface area contributed by atoms with Gasteiger partial charge in [0.15, 0.2) is 16.7 Å². The van der Waals surface area contributed by atoms with E-state index in [4.69, 9.17) is 19.2 Å². The van der Waals surface area contributed by atoms with E-state index in [1.165, 1.54) is 30.6 Å². The number of nitrogens with zero attached hydrogens (tertiary/aromatic N) is 5. The van der Waals surface area contributed by atoms with Gasteiger partial charge in [-0.2, -0.15) is 0 Å². The fourth-order valence-corrected chi connectivity index (χ4v) is 7.20. The summed E-state index contributed by atoms with van der Waals surface area (Å²) in [6.07, 6.45) is 8.22. The van der Waals surface area contributed by atoms with E-state index < -0.39 is 11.9 Å². The number of amidine groups is 1. The molecule has 5 heterocycles. The summed E-state index contributed by atoms with van der Waals surface area (Å²) in [7, 11) is 1.41. The zero-order valence-electron chi connectivity index (χ0n) is 22.7. The van der Waals surface area contributed by atoms with Gasteiger partial charge in [-0.05, 0) is 50.5 Å². The van der Waals surface area contributed by atoms with Crippen LogP contribution in [0.2, 0.25) is 0 Å². The maximum absolute atomic E-state index is 14.8. The molecular weight excluding hydrogens is 547 g/mol. The SMILES string of the molecule is COc1ccc(N2C(=O)CCC[C@H]2C2=NC3C=C(c4c(C)noc4C)C=CC3N2c2nc3c(s2)CC(=O)N3)cc1F. The third-order valence-electron chi connectivity index (χ3n) is 7.95. The number of aromatic nitrogens is 2. The number of fused-ring (bicyclic) bond motifs is 2. The highest BCUT2D eigenvalue weighted by molar-refractivity contribution is 7.16. The molecule has 2 unspecified atom stereocenters. The van der Waals surface area contributed by atoms with Gasteiger partial charge in [0.05, 0.1) is 42.2 Å². The molecule has 0 saturated carbocycles. The number of nitrogens with one attached hydrogen (secondary N) is 1. The molecule has 2 aromatic heterocycles. The van der Waals surface area contributed by atoms with E-state index in [0.29, 0.717) is 41.7 Å². The number of carbonyl (C=O) groups is 2. The van der Waals surface area contributed by atoms with Gasteiger partial charge in [-0.3, -0.25) is 19.5 Å². The molecule has 2 amide bonds. The van der Waals surface area contributed by atoms with Crippen LogP contribution in [0.3, 0.4) is 0 Å². The van der Waals surface area contributed by atoms with E-state index in [-0.39, 0.29) is 36.1 Å². The summed E-state index contributed by atoms with van der Waals surface area (Å²) in [5.41, 5.74) is 3.16. The topological polar surface area (TPSA) is 113 Å². The molecule has 7 rings (SSSR count). The lowest BCUT2D eigenvalue weighted by Gasteiger charge is -2.39. The number of aryl methyl sites for hydroxylation is 2. The second-order valence-corrected chi connectivity index (χ2v) is 11.6. The first-order chi connectivity index (χ1) is 19.8. The number of anilines is 3. The predicted octanol–water partition coefficient (Wildman–Crippen LogP) is 4.59. The summed E-state index contributed by atoms with van der Waals surface area (Å²) >= 11 is 1.45. The van der Waals surface area contributed by atoms with Gasteiger partial charge >= 0.3 is 0 Å². The molecule has 3 atom stereocenters. The van der Waals surface area contributed by atoms with Crippen LogP contribution in [0, 0.1) is 19.7 Å². The van der Waals surface area contributed by atoms with Gasteiger partial charge < -0.3 is 19.5 Å². The standard InChI is InChI=1S/C29H27FN6O4S/c1-14-26(15(2)40-34-14)16-7-9-20-19(11-16)31-28(36(20)29-33-27-23(41-29)13-24(37)32-27)21-5-4-6-25(38)35(21)17-8-10-22(39-3)18(30)12-17/h7-12,19-21H,4-6,13H2,1-3H3,(H,32,37)/t19?,20?,21-/m0/s1. The summed E-state index contributed by atoms with van der Waals surface area (Å²) in [4.78, 5) is 39.9. The molecule has 0 spiro atoms. The van der Waals surface area contributed by atoms with E-state index in [1.54, 1.807) is 11.0 Å². The van der Waals surface area contributed by atoms with Crippen molar-refractivity contribution in [1.29, 1.82) is 0 Å². The van der Waals surface area contributed by atoms with E-state index in [0.717, 1.165) is 27.5 Å². The van der Waals surface area contributed by atoms with Crippen molar-refractivity contribution in [1.82, 2.24) is 10.1 Å². The van der Waals surface area contributed by atoms with Crippen LogP contribution in [0.1, 0.15) is 41.2 Å². The third-order valence-corrected chi connectivity index (χ3v) is 9.01. The van der Waals surface area contributed by atoms with Crippen LogP contribution < -0.4 is 19.9 Å². The lowest BCUT2D eigenvalue weighted by molar-refractivity contribution is -0.120. The Morgan fingerprint density at radius 2 is 2.07 bits per heavy atom. The predicted molar refractivity (Wildman–Crippen MR) is 153 cm³/mol. The van der Waals surface area contributed by atoms with Crippen molar-refractivity contribution in [2.75, 3.05) is 22.2 Å². The van der Waals surface area contributed by atoms with Crippen LogP contribution in [0.5, 0.6) is 5.75 Å². The molecular formula is C29H27FN6O4S. The highest BCUT2D eigenvalue weighted by Gasteiger charge is 2.45. The lowest BCUT2D eigenvalue weighted by atomic mass is 9.93. The van der Waals surface area contributed by atoms with Crippen LogP contribution in [0.4, 0.5) is 21.0 Å². The summed E-state index contributed by atoms with van der Waals surface area (Å²) in [6, 6.07) is 3.68. The first-order valence-corrected chi connectivity index (χ1v) is 14.3. The number of benzene rings is 1. The number of halogens is 1. The van der Waals surface area contributed by atoms with Gasteiger partial charge in [-0.15, -0.1) is 0 Å². The molecule has 0 radical (unpaired) electrons. The maximum atomic E-state index is 14.8. The van der Waals surface area contributed by atoms with Crippen molar-refractivity contribution in [3.05, 3.63) is 64.1 Å². The molecule has 1 aliphatic carbocycles. The monoisotopic (exact) mass is 574 g/mol.